The van der Waals surface area contributed by atoms with E-state index >= 15 is 0 Å². The zero-order valence-electron chi connectivity index (χ0n) is 29.0. The van der Waals surface area contributed by atoms with Crippen molar-refractivity contribution in [1.82, 2.24) is 4.90 Å². The first-order chi connectivity index (χ1) is 21.4. The smallest absolute Gasteiger partial charge is 0.407 e. The van der Waals surface area contributed by atoms with Crippen LogP contribution in [0.25, 0.3) is 5.57 Å². The van der Waals surface area contributed by atoms with Gasteiger partial charge in [-0.15, -0.1) is 0 Å². The van der Waals surface area contributed by atoms with Crippen LogP contribution in [0.5, 0.6) is 0 Å². The van der Waals surface area contributed by atoms with Gasteiger partial charge in [-0.2, -0.15) is 13.2 Å². The fourth-order valence-electron chi connectivity index (χ4n) is 7.69. The first-order valence-corrected chi connectivity index (χ1v) is 17.9. The molecule has 258 valence electrons. The van der Waals surface area contributed by atoms with Gasteiger partial charge in [-0.3, -0.25) is 9.71 Å². The zero-order valence-corrected chi connectivity index (χ0v) is 29.8. The minimum absolute atomic E-state index is 0.0160. The summed E-state index contributed by atoms with van der Waals surface area (Å²) in [6, 6.07) is 3.82. The Balaban J connectivity index is 1.75. The van der Waals surface area contributed by atoms with Crippen LogP contribution in [0.15, 0.2) is 57.5 Å². The molecule has 0 spiro atoms. The first-order valence-electron chi connectivity index (χ1n) is 16.0. The Hall–Kier alpha value is -3.25. The Morgan fingerprint density at radius 1 is 0.957 bits per heavy atom. The third kappa shape index (κ3) is 5.68. The highest BCUT2D eigenvalue weighted by atomic mass is 32.2. The minimum atomic E-state index is -4.56. The lowest BCUT2D eigenvalue weighted by atomic mass is 9.73. The van der Waals surface area contributed by atoms with Crippen LogP contribution >= 0.6 is 0 Å². The molecule has 5 rings (SSSR count). The van der Waals surface area contributed by atoms with E-state index in [9.17, 15) is 31.8 Å². The second-order valence-electron chi connectivity index (χ2n) is 15.0. The number of hydrogen-bond donors (Lipinski definition) is 3. The number of allylic oxidation sites excluding steroid dienone is 4. The molecule has 12 heteroatoms. The predicted octanol–water partition coefficient (Wildman–Crippen LogP) is 6.86. The highest BCUT2D eigenvalue weighted by Crippen LogP contribution is 2.54. The average molecular weight is 677 g/mol. The van der Waals surface area contributed by atoms with Gasteiger partial charge >= 0.3 is 6.18 Å². The third-order valence-electron chi connectivity index (χ3n) is 10.6. The molecule has 0 saturated carbocycles. The molecule has 0 amide bonds. The molecule has 3 atom stereocenters. The van der Waals surface area contributed by atoms with E-state index in [1.165, 1.54) is 0 Å². The van der Waals surface area contributed by atoms with Crippen LogP contribution in [0.4, 0.5) is 24.5 Å². The number of hydrogen-bond acceptors (Lipinski definition) is 7. The van der Waals surface area contributed by atoms with Crippen molar-refractivity contribution in [3.8, 4) is 0 Å². The topological polar surface area (TPSA) is 105 Å². The maximum absolute atomic E-state index is 13.4. The van der Waals surface area contributed by atoms with Crippen molar-refractivity contribution in [2.24, 2.45) is 10.4 Å². The summed E-state index contributed by atoms with van der Waals surface area (Å²) in [5.41, 5.74) is 3.55. The molecule has 1 aromatic carbocycles. The fraction of sp³-hybridized carbons (Fsp3) is 0.571. The summed E-state index contributed by atoms with van der Waals surface area (Å²) >= 11 is 0. The number of aliphatic hydroxyl groups excluding tert-OH is 2. The van der Waals surface area contributed by atoms with E-state index in [1.807, 2.05) is 19.9 Å². The SMILES string of the molecule is CC(C)N1C2=CC(=NCC(F)(F)F)C(=C3C(O)=C(c4cc5c(cc4NS(C)(=O)=O)N(C(C)C)C(C)C5(C)C)C3O)C=C2C(C)(C)C1C. The van der Waals surface area contributed by atoms with Crippen LogP contribution in [0.2, 0.25) is 0 Å². The van der Waals surface area contributed by atoms with Crippen molar-refractivity contribution in [1.29, 1.82) is 0 Å². The maximum Gasteiger partial charge on any atom is 0.407 e. The Bertz CT molecular complexity index is 1780. The quantitative estimate of drug-likeness (QED) is 0.304. The summed E-state index contributed by atoms with van der Waals surface area (Å²) in [4.78, 5) is 8.32. The van der Waals surface area contributed by atoms with Crippen molar-refractivity contribution in [3.05, 3.63) is 63.6 Å². The molecule has 1 aromatic rings. The number of rotatable bonds is 6. The van der Waals surface area contributed by atoms with Gasteiger partial charge < -0.3 is 20.0 Å². The molecule has 2 aliphatic carbocycles. The molecule has 0 radical (unpaired) electrons. The highest BCUT2D eigenvalue weighted by molar-refractivity contribution is 7.92. The fourth-order valence-corrected chi connectivity index (χ4v) is 8.26. The standard InChI is InChI=1S/C35H47F3N4O4S/c1-17(2)41-19(5)33(7,8)23-12-21(25(14-27(23)41)39-16-35(36,37)38)29-31(43)30(32(29)44)22-13-24-28(15-26(22)40-47(11,45)46)42(18(3)4)20(6)34(24,9)10/h12-15,17-20,31,40,43-44H,16H2,1-11H3. The van der Waals surface area contributed by atoms with E-state index in [2.05, 4.69) is 74.9 Å². The molecule has 1 saturated heterocycles. The molecular formula is C35H47F3N4O4S. The third-order valence-corrected chi connectivity index (χ3v) is 11.2. The van der Waals surface area contributed by atoms with Crippen molar-refractivity contribution in [3.63, 3.8) is 0 Å². The van der Waals surface area contributed by atoms with Crippen LogP contribution in [0, 0.1) is 5.41 Å². The summed E-state index contributed by atoms with van der Waals surface area (Å²) in [6.45, 7) is 19.2. The number of aliphatic hydroxyl groups is 2. The number of sulfonamides is 1. The zero-order chi connectivity index (χ0) is 35.3. The Morgan fingerprint density at radius 2 is 1.53 bits per heavy atom. The molecule has 8 nitrogen and oxygen atoms in total. The Kier molecular flexibility index (Phi) is 8.32. The number of alkyl halides is 3. The van der Waals surface area contributed by atoms with Gasteiger partial charge in [0.2, 0.25) is 10.0 Å². The number of benzene rings is 1. The molecule has 0 bridgehead atoms. The van der Waals surface area contributed by atoms with E-state index < -0.39 is 34.3 Å². The van der Waals surface area contributed by atoms with Gasteiger partial charge in [0.25, 0.3) is 0 Å². The minimum Gasteiger partial charge on any atom is -0.507 e. The molecule has 2 heterocycles. The molecule has 0 aromatic heterocycles. The number of aliphatic imine (C=N–C) groups is 1. The number of nitrogens with zero attached hydrogens (tertiary/aromatic N) is 3. The molecule has 2 aliphatic heterocycles. The van der Waals surface area contributed by atoms with Gasteiger partial charge in [0, 0.05) is 68.7 Å². The number of fused-ring (bicyclic) bond motifs is 2. The van der Waals surface area contributed by atoms with Gasteiger partial charge in [0.1, 0.15) is 18.4 Å². The monoisotopic (exact) mass is 676 g/mol. The maximum atomic E-state index is 13.4. The number of likely N-dealkylation sites (tertiary alicyclic amines) is 1. The van der Waals surface area contributed by atoms with E-state index in [0.717, 1.165) is 28.8 Å². The molecule has 47 heavy (non-hydrogen) atoms. The lowest BCUT2D eigenvalue weighted by Crippen LogP contribution is -2.42. The van der Waals surface area contributed by atoms with Crippen LogP contribution in [0.3, 0.4) is 0 Å². The van der Waals surface area contributed by atoms with Gasteiger partial charge in [-0.05, 0) is 77.0 Å². The second-order valence-corrected chi connectivity index (χ2v) is 16.7. The van der Waals surface area contributed by atoms with Crippen LogP contribution in [-0.2, 0) is 15.4 Å². The van der Waals surface area contributed by atoms with Gasteiger partial charge in [-0.1, -0.05) is 27.7 Å². The predicted molar refractivity (Wildman–Crippen MR) is 182 cm³/mol. The van der Waals surface area contributed by atoms with E-state index in [-0.39, 0.29) is 63.5 Å². The van der Waals surface area contributed by atoms with E-state index in [1.54, 1.807) is 18.2 Å². The molecular weight excluding hydrogens is 629 g/mol. The normalized spacial score (nSPS) is 27.8. The lowest BCUT2D eigenvalue weighted by Gasteiger charge is -2.35. The van der Waals surface area contributed by atoms with Crippen molar-refractivity contribution in [2.45, 2.75) is 111 Å². The summed E-state index contributed by atoms with van der Waals surface area (Å²) in [5.74, 6) is -0.313. The Morgan fingerprint density at radius 3 is 2.04 bits per heavy atom. The lowest BCUT2D eigenvalue weighted by molar-refractivity contribution is -0.118. The summed E-state index contributed by atoms with van der Waals surface area (Å²) in [5, 5.41) is 23.4. The second kappa shape index (κ2) is 11.1. The van der Waals surface area contributed by atoms with E-state index in [0.29, 0.717) is 5.56 Å². The van der Waals surface area contributed by atoms with Crippen LogP contribution in [0.1, 0.15) is 80.4 Å². The number of nitrogens with one attached hydrogen (secondary N) is 1. The largest absolute Gasteiger partial charge is 0.507 e. The average Bonchev–Trinajstić information content (AvgIpc) is 3.23. The summed E-state index contributed by atoms with van der Waals surface area (Å²) in [7, 11) is -3.77. The summed E-state index contributed by atoms with van der Waals surface area (Å²) < 4.78 is 68.0. The van der Waals surface area contributed by atoms with Gasteiger partial charge in [0.05, 0.1) is 17.7 Å². The van der Waals surface area contributed by atoms with Crippen molar-refractivity contribution in [2.75, 3.05) is 22.4 Å². The molecule has 1 fully saturated rings. The van der Waals surface area contributed by atoms with Crippen LogP contribution < -0.4 is 9.62 Å². The van der Waals surface area contributed by atoms with Crippen LogP contribution in [-0.4, -0.2) is 78.5 Å². The van der Waals surface area contributed by atoms with Crippen molar-refractivity contribution < 1.29 is 31.8 Å². The molecule has 3 unspecified atom stereocenters. The Labute approximate surface area is 276 Å². The molecule has 4 aliphatic rings. The van der Waals surface area contributed by atoms with Gasteiger partial charge in [-0.25, -0.2) is 8.42 Å². The number of anilines is 2. The first kappa shape index (κ1) is 35.1. The molecule has 3 N–H and O–H groups in total. The van der Waals surface area contributed by atoms with E-state index in [4.69, 9.17) is 0 Å². The highest BCUT2D eigenvalue weighted by Gasteiger charge is 2.49. The van der Waals surface area contributed by atoms with Crippen molar-refractivity contribution >= 4 is 32.7 Å². The number of halogens is 3. The summed E-state index contributed by atoms with van der Waals surface area (Å²) in [6.07, 6.45) is -1.57. The van der Waals surface area contributed by atoms with Gasteiger partial charge in [0.15, 0.2) is 0 Å².